The molecule has 1 amide bonds. The summed E-state index contributed by atoms with van der Waals surface area (Å²) in [6.45, 7) is 3.41. The van der Waals surface area contributed by atoms with E-state index in [1.165, 1.54) is 122 Å². The Bertz CT molecular complexity index is 1030. The smallest absolute Gasteiger partial charge is 0.249 e. The molecule has 1 fully saturated rings. The highest BCUT2D eigenvalue weighted by molar-refractivity contribution is 5.80. The summed E-state index contributed by atoms with van der Waals surface area (Å²) >= 11 is 0. The minimum Gasteiger partial charge on any atom is -0.394 e. The first-order chi connectivity index (χ1) is 29.2. The summed E-state index contributed by atoms with van der Waals surface area (Å²) in [7, 11) is 0. The lowest BCUT2D eigenvalue weighted by Gasteiger charge is -2.40. The van der Waals surface area contributed by atoms with E-state index in [0.29, 0.717) is 19.3 Å². The van der Waals surface area contributed by atoms with Crippen LogP contribution in [0.25, 0.3) is 0 Å². The first-order valence-electron chi connectivity index (χ1n) is 24.7. The van der Waals surface area contributed by atoms with Crippen molar-refractivity contribution in [1.82, 2.24) is 5.32 Å². The van der Waals surface area contributed by atoms with Gasteiger partial charge in [0.05, 0.1) is 25.4 Å². The highest BCUT2D eigenvalue weighted by Gasteiger charge is 2.44. The molecule has 60 heavy (non-hydrogen) atoms. The largest absolute Gasteiger partial charge is 0.394 e. The number of ether oxygens (including phenoxy) is 2. The maximum Gasteiger partial charge on any atom is 0.249 e. The van der Waals surface area contributed by atoms with Crippen LogP contribution >= 0.6 is 0 Å². The number of carbonyl (C=O) groups is 1. The lowest BCUT2D eigenvalue weighted by atomic mass is 9.98. The van der Waals surface area contributed by atoms with E-state index in [9.17, 15) is 40.5 Å². The second-order valence-electron chi connectivity index (χ2n) is 17.5. The highest BCUT2D eigenvalue weighted by atomic mass is 16.7. The number of hydrogen-bond acceptors (Lipinski definition) is 10. The van der Waals surface area contributed by atoms with Crippen LogP contribution in [0.5, 0.6) is 0 Å². The first kappa shape index (κ1) is 56.6. The molecule has 1 heterocycles. The van der Waals surface area contributed by atoms with E-state index in [-0.39, 0.29) is 6.42 Å². The van der Waals surface area contributed by atoms with E-state index in [2.05, 4.69) is 43.5 Å². The van der Waals surface area contributed by atoms with Crippen molar-refractivity contribution < 1.29 is 50.0 Å². The van der Waals surface area contributed by atoms with Crippen LogP contribution in [0, 0.1) is 0 Å². The van der Waals surface area contributed by atoms with Crippen molar-refractivity contribution in [3.05, 3.63) is 24.3 Å². The van der Waals surface area contributed by atoms with Crippen molar-refractivity contribution in [3.8, 4) is 0 Å². The monoisotopic (exact) mass is 856 g/mol. The number of rotatable bonds is 41. The molecule has 354 valence electrons. The third-order valence-electron chi connectivity index (χ3n) is 12.0. The number of hydrogen-bond donors (Lipinski definition) is 8. The van der Waals surface area contributed by atoms with Gasteiger partial charge in [0.2, 0.25) is 5.91 Å². The zero-order valence-electron chi connectivity index (χ0n) is 38.2. The summed E-state index contributed by atoms with van der Waals surface area (Å²) in [5.74, 6) is -0.703. The molecule has 1 aliphatic heterocycles. The normalized spacial score (nSPS) is 21.8. The zero-order valence-corrected chi connectivity index (χ0v) is 38.2. The quantitative estimate of drug-likeness (QED) is 0.0218. The highest BCUT2D eigenvalue weighted by Crippen LogP contribution is 2.23. The number of nitrogens with one attached hydrogen (secondary N) is 1. The third-order valence-corrected chi connectivity index (χ3v) is 12.0. The Balaban J connectivity index is 2.32. The van der Waals surface area contributed by atoms with Gasteiger partial charge in [-0.2, -0.15) is 0 Å². The van der Waals surface area contributed by atoms with Crippen LogP contribution in [0.3, 0.4) is 0 Å². The van der Waals surface area contributed by atoms with Crippen molar-refractivity contribution in [2.75, 3.05) is 13.2 Å². The summed E-state index contributed by atoms with van der Waals surface area (Å²) in [5.41, 5.74) is 0. The SMILES string of the molecule is CCCCCCCCCCC/C=C\C/C=C\CCCCCCCCCCC(O)C(=O)NC(COC1OC(CO)C(O)C(O)C1O)C(O)C(O)CCCCCCCCCCC. The van der Waals surface area contributed by atoms with Gasteiger partial charge >= 0.3 is 0 Å². The van der Waals surface area contributed by atoms with E-state index in [1.54, 1.807) is 0 Å². The summed E-state index contributed by atoms with van der Waals surface area (Å²) in [5, 5.41) is 75.5. The second kappa shape index (κ2) is 39.2. The van der Waals surface area contributed by atoms with Gasteiger partial charge in [-0.1, -0.05) is 192 Å². The Morgan fingerprint density at radius 2 is 1.02 bits per heavy atom. The lowest BCUT2D eigenvalue weighted by Crippen LogP contribution is -2.60. The average molecular weight is 856 g/mol. The van der Waals surface area contributed by atoms with Gasteiger partial charge in [-0.25, -0.2) is 0 Å². The molecule has 0 radical (unpaired) electrons. The van der Waals surface area contributed by atoms with E-state index < -0.39 is 74.2 Å². The summed E-state index contributed by atoms with van der Waals surface area (Å²) in [4.78, 5) is 13.1. The third kappa shape index (κ3) is 28.3. The van der Waals surface area contributed by atoms with Crippen LogP contribution in [0.15, 0.2) is 24.3 Å². The molecule has 0 aromatic carbocycles. The Labute approximate surface area is 365 Å². The van der Waals surface area contributed by atoms with Crippen LogP contribution in [0.4, 0.5) is 0 Å². The maximum atomic E-state index is 13.1. The van der Waals surface area contributed by atoms with Crippen molar-refractivity contribution >= 4 is 5.91 Å². The number of amides is 1. The molecular formula is C49H93NO10. The molecule has 11 nitrogen and oxygen atoms in total. The number of allylic oxidation sites excluding steroid dienone is 4. The molecule has 9 unspecified atom stereocenters. The molecule has 0 aromatic rings. The number of unbranched alkanes of at least 4 members (excludes halogenated alkanes) is 25. The molecule has 1 aliphatic rings. The molecule has 0 bridgehead atoms. The molecule has 1 saturated heterocycles. The van der Waals surface area contributed by atoms with Gasteiger partial charge in [-0.3, -0.25) is 4.79 Å². The standard InChI is InChI=1S/C49H93NO10/c1-3-5-7-9-11-13-14-15-16-17-18-19-20-21-22-23-24-25-26-27-29-31-33-35-37-42(53)48(58)50-40(39-59-49-47(57)46(56)45(55)43(38-51)60-49)44(54)41(52)36-34-32-30-28-12-10-8-6-4-2/h18-19,21-22,40-47,49,51-57H,3-17,20,23-39H2,1-2H3,(H,50,58)/b19-18-,22-21-. The average Bonchev–Trinajstić information content (AvgIpc) is 3.25. The fraction of sp³-hybridized carbons (Fsp3) is 0.898. The number of carbonyl (C=O) groups excluding carboxylic acids is 1. The van der Waals surface area contributed by atoms with Crippen LogP contribution in [-0.4, -0.2) is 110 Å². The molecular weight excluding hydrogens is 763 g/mol. The molecule has 0 aliphatic carbocycles. The number of aliphatic hydroxyl groups is 7. The van der Waals surface area contributed by atoms with Crippen LogP contribution in [0.1, 0.15) is 213 Å². The van der Waals surface area contributed by atoms with Crippen molar-refractivity contribution in [3.63, 3.8) is 0 Å². The molecule has 9 atom stereocenters. The first-order valence-corrected chi connectivity index (χ1v) is 24.7. The summed E-state index contributed by atoms with van der Waals surface area (Å²) in [6, 6.07) is -1.17. The van der Waals surface area contributed by atoms with Gasteiger partial charge in [-0.05, 0) is 44.9 Å². The number of aliphatic hydroxyl groups excluding tert-OH is 7. The predicted octanol–water partition coefficient (Wildman–Crippen LogP) is 8.62. The van der Waals surface area contributed by atoms with E-state index >= 15 is 0 Å². The molecule has 8 N–H and O–H groups in total. The van der Waals surface area contributed by atoms with Gasteiger partial charge in [0.1, 0.15) is 36.6 Å². The van der Waals surface area contributed by atoms with Gasteiger partial charge in [-0.15, -0.1) is 0 Å². The van der Waals surface area contributed by atoms with Crippen LogP contribution in [0.2, 0.25) is 0 Å². The van der Waals surface area contributed by atoms with Crippen molar-refractivity contribution in [2.45, 2.75) is 268 Å². The van der Waals surface area contributed by atoms with E-state index in [0.717, 1.165) is 51.4 Å². The predicted molar refractivity (Wildman–Crippen MR) is 242 cm³/mol. The zero-order chi connectivity index (χ0) is 44.1. The molecule has 0 spiro atoms. The maximum absolute atomic E-state index is 13.1. The van der Waals surface area contributed by atoms with E-state index in [1.807, 2.05) is 0 Å². The van der Waals surface area contributed by atoms with Crippen molar-refractivity contribution in [1.29, 1.82) is 0 Å². The Morgan fingerprint density at radius 1 is 0.583 bits per heavy atom. The Kier molecular flexibility index (Phi) is 37.0. The summed E-state index contributed by atoms with van der Waals surface area (Å²) in [6.07, 6.45) is 32.5. The van der Waals surface area contributed by atoms with Crippen LogP contribution < -0.4 is 5.32 Å². The van der Waals surface area contributed by atoms with Gasteiger partial charge in [0.25, 0.3) is 0 Å². The topological polar surface area (TPSA) is 189 Å². The van der Waals surface area contributed by atoms with Gasteiger partial charge in [0.15, 0.2) is 6.29 Å². The lowest BCUT2D eigenvalue weighted by molar-refractivity contribution is -0.303. The fourth-order valence-corrected chi connectivity index (χ4v) is 7.88. The van der Waals surface area contributed by atoms with Crippen molar-refractivity contribution in [2.24, 2.45) is 0 Å². The minimum absolute atomic E-state index is 0.254. The fourth-order valence-electron chi connectivity index (χ4n) is 7.88. The molecule has 0 aromatic heterocycles. The minimum atomic E-state index is -1.66. The van der Waals surface area contributed by atoms with Gasteiger partial charge in [0, 0.05) is 0 Å². The molecule has 0 saturated carbocycles. The summed E-state index contributed by atoms with van der Waals surface area (Å²) < 4.78 is 11.1. The molecule has 11 heteroatoms. The Hall–Kier alpha value is -1.41. The van der Waals surface area contributed by atoms with E-state index in [4.69, 9.17) is 9.47 Å². The van der Waals surface area contributed by atoms with Crippen LogP contribution in [-0.2, 0) is 14.3 Å². The second-order valence-corrected chi connectivity index (χ2v) is 17.5. The Morgan fingerprint density at radius 3 is 1.48 bits per heavy atom. The van der Waals surface area contributed by atoms with Gasteiger partial charge < -0.3 is 50.5 Å². The molecule has 1 rings (SSSR count).